The highest BCUT2D eigenvalue weighted by Crippen LogP contribution is 2.47. The molecule has 1 aromatic heterocycles. The van der Waals surface area contributed by atoms with Gasteiger partial charge in [0.05, 0.1) is 29.8 Å². The summed E-state index contributed by atoms with van der Waals surface area (Å²) < 4.78 is 10.6. The molecule has 0 radical (unpaired) electrons. The maximum absolute atomic E-state index is 13.5. The van der Waals surface area contributed by atoms with Crippen molar-refractivity contribution >= 4 is 40.8 Å². The third-order valence-corrected chi connectivity index (χ3v) is 5.92. The van der Waals surface area contributed by atoms with E-state index in [1.165, 1.54) is 23.5 Å². The number of fused-ring (bicyclic) bond motifs is 1. The highest BCUT2D eigenvalue weighted by Gasteiger charge is 2.61. The van der Waals surface area contributed by atoms with E-state index in [0.717, 1.165) is 4.90 Å². The molecule has 2 aliphatic heterocycles. The van der Waals surface area contributed by atoms with Crippen molar-refractivity contribution in [3.63, 3.8) is 0 Å². The van der Waals surface area contributed by atoms with E-state index in [-0.39, 0.29) is 6.61 Å². The Morgan fingerprint density at radius 1 is 1.00 bits per heavy atom. The topological polar surface area (TPSA) is 89.3 Å². The summed E-state index contributed by atoms with van der Waals surface area (Å²) >= 11 is 6.01. The molecule has 0 aliphatic carbocycles. The minimum Gasteiger partial charge on any atom is -0.467 e. The van der Waals surface area contributed by atoms with Crippen molar-refractivity contribution in [3.8, 4) is 0 Å². The predicted molar refractivity (Wildman–Crippen MR) is 119 cm³/mol. The number of furan rings is 1. The Morgan fingerprint density at radius 2 is 1.70 bits per heavy atom. The number of imide groups is 1. The number of nitrogens with zero attached hydrogens (tertiary/aromatic N) is 2. The van der Waals surface area contributed by atoms with Crippen LogP contribution in [0.2, 0.25) is 5.02 Å². The molecule has 33 heavy (non-hydrogen) atoms. The monoisotopic (exact) mass is 466 g/mol. The number of ether oxygens (including phenoxy) is 1. The van der Waals surface area contributed by atoms with Gasteiger partial charge in [0.15, 0.2) is 6.10 Å². The Hall–Kier alpha value is -3.62. The van der Waals surface area contributed by atoms with Gasteiger partial charge in [-0.25, -0.2) is 14.8 Å². The number of carbonyl (C=O) groups excluding carboxylic acids is 3. The van der Waals surface area contributed by atoms with Crippen LogP contribution in [-0.4, -0.2) is 30.5 Å². The summed E-state index contributed by atoms with van der Waals surface area (Å²) in [6, 6.07) is 15.9. The second kappa shape index (κ2) is 8.38. The molecule has 0 bridgehead atoms. The van der Waals surface area contributed by atoms with Gasteiger partial charge >= 0.3 is 5.97 Å². The molecule has 3 atom stereocenters. The van der Waals surface area contributed by atoms with E-state index >= 15 is 0 Å². The van der Waals surface area contributed by atoms with E-state index < -0.39 is 35.8 Å². The molecule has 3 heterocycles. The molecular weight excluding hydrogens is 448 g/mol. The van der Waals surface area contributed by atoms with Gasteiger partial charge in [-0.15, -0.1) is 0 Å². The van der Waals surface area contributed by atoms with E-state index in [9.17, 15) is 14.4 Å². The summed E-state index contributed by atoms with van der Waals surface area (Å²) in [6.07, 6.45) is 0.489. The molecule has 2 amide bonds. The van der Waals surface area contributed by atoms with Crippen molar-refractivity contribution in [2.45, 2.75) is 19.1 Å². The van der Waals surface area contributed by atoms with Gasteiger partial charge in [0, 0.05) is 5.02 Å². The predicted octanol–water partition coefficient (Wildman–Crippen LogP) is 4.16. The number of benzene rings is 2. The minimum atomic E-state index is -1.02. The van der Waals surface area contributed by atoms with Crippen molar-refractivity contribution < 1.29 is 28.4 Å². The Labute approximate surface area is 194 Å². The van der Waals surface area contributed by atoms with E-state index in [0.29, 0.717) is 27.7 Å². The molecule has 2 fully saturated rings. The average molecular weight is 467 g/mol. The van der Waals surface area contributed by atoms with Crippen LogP contribution in [0.5, 0.6) is 0 Å². The first-order chi connectivity index (χ1) is 16.0. The van der Waals surface area contributed by atoms with E-state index in [4.69, 9.17) is 25.6 Å². The number of anilines is 2. The van der Waals surface area contributed by atoms with Crippen LogP contribution in [0.4, 0.5) is 11.4 Å². The lowest BCUT2D eigenvalue weighted by molar-refractivity contribution is -0.126. The molecule has 3 aromatic rings. The first-order valence-corrected chi connectivity index (χ1v) is 10.8. The minimum absolute atomic E-state index is 0.253. The zero-order valence-corrected chi connectivity index (χ0v) is 18.3. The van der Waals surface area contributed by atoms with Gasteiger partial charge in [-0.1, -0.05) is 11.6 Å². The van der Waals surface area contributed by atoms with Gasteiger partial charge in [-0.3, -0.25) is 14.4 Å². The van der Waals surface area contributed by atoms with Crippen LogP contribution in [0.25, 0.3) is 0 Å². The number of esters is 1. The van der Waals surface area contributed by atoms with Gasteiger partial charge in [-0.2, -0.15) is 0 Å². The van der Waals surface area contributed by atoms with Crippen molar-refractivity contribution in [2.75, 3.05) is 16.6 Å². The fourth-order valence-corrected chi connectivity index (χ4v) is 4.32. The summed E-state index contributed by atoms with van der Waals surface area (Å²) in [5.41, 5.74) is 1.33. The number of rotatable bonds is 5. The zero-order chi connectivity index (χ0) is 23.1. The number of hydrogen-bond acceptors (Lipinski definition) is 7. The SMILES string of the molecule is CCOC(=O)c1ccc(N2C(=O)[C@@H]3[C@@H](c4ccco4)N(c4ccc(Cl)cc4)O[C@H]3C2=O)cc1. The van der Waals surface area contributed by atoms with E-state index in [2.05, 4.69) is 0 Å². The lowest BCUT2D eigenvalue weighted by Crippen LogP contribution is -2.37. The number of halogens is 1. The molecule has 0 N–H and O–H groups in total. The molecule has 168 valence electrons. The standard InChI is InChI=1S/C24H19ClN2O6/c1-2-31-24(30)14-5-9-16(10-6-14)26-22(28)19-20(18-4-3-13-32-18)27(33-21(19)23(26)29)17-11-7-15(25)8-12-17/h3-13,19-21H,2H2,1H3/t19-,20-,21-/m1/s1. The Kier molecular flexibility index (Phi) is 5.39. The van der Waals surface area contributed by atoms with Crippen LogP contribution in [0.15, 0.2) is 71.3 Å². The van der Waals surface area contributed by atoms with Gasteiger partial charge in [-0.05, 0) is 67.6 Å². The molecule has 5 rings (SSSR count). The lowest BCUT2D eigenvalue weighted by Gasteiger charge is -2.27. The molecule has 0 unspecified atom stereocenters. The smallest absolute Gasteiger partial charge is 0.338 e. The molecule has 9 heteroatoms. The fraction of sp³-hybridized carbons (Fsp3) is 0.208. The van der Waals surface area contributed by atoms with Crippen LogP contribution in [0.1, 0.15) is 29.1 Å². The van der Waals surface area contributed by atoms with E-state index in [1.54, 1.807) is 55.5 Å². The first-order valence-electron chi connectivity index (χ1n) is 10.4. The second-order valence-corrected chi connectivity index (χ2v) is 8.03. The third-order valence-electron chi connectivity index (χ3n) is 5.67. The summed E-state index contributed by atoms with van der Waals surface area (Å²) in [4.78, 5) is 45.8. The highest BCUT2D eigenvalue weighted by molar-refractivity contribution is 6.30. The lowest BCUT2D eigenvalue weighted by atomic mass is 9.94. The average Bonchev–Trinajstić information content (AvgIpc) is 3.52. The molecule has 2 aromatic carbocycles. The van der Waals surface area contributed by atoms with Crippen molar-refractivity contribution in [1.29, 1.82) is 0 Å². The number of hydrogen-bond donors (Lipinski definition) is 0. The van der Waals surface area contributed by atoms with Crippen molar-refractivity contribution in [1.82, 2.24) is 0 Å². The van der Waals surface area contributed by atoms with Crippen LogP contribution in [0, 0.1) is 5.92 Å². The molecule has 0 spiro atoms. The molecule has 2 saturated heterocycles. The maximum atomic E-state index is 13.5. The van der Waals surface area contributed by atoms with Crippen LogP contribution < -0.4 is 9.96 Å². The summed E-state index contributed by atoms with van der Waals surface area (Å²) in [6.45, 7) is 1.97. The first kappa shape index (κ1) is 21.2. The number of amides is 2. The van der Waals surface area contributed by atoms with Crippen molar-refractivity contribution in [3.05, 3.63) is 83.3 Å². The van der Waals surface area contributed by atoms with Gasteiger partial charge in [0.1, 0.15) is 17.7 Å². The Balaban J connectivity index is 1.48. The zero-order valence-electron chi connectivity index (χ0n) is 17.5. The summed E-state index contributed by atoms with van der Waals surface area (Å²) in [7, 11) is 0. The van der Waals surface area contributed by atoms with Gasteiger partial charge in [0.25, 0.3) is 5.91 Å². The third kappa shape index (κ3) is 3.57. The number of hydroxylamine groups is 1. The maximum Gasteiger partial charge on any atom is 0.338 e. The van der Waals surface area contributed by atoms with Crippen LogP contribution in [0.3, 0.4) is 0 Å². The Bertz CT molecular complexity index is 1190. The van der Waals surface area contributed by atoms with Crippen LogP contribution >= 0.6 is 11.6 Å². The highest BCUT2D eigenvalue weighted by atomic mass is 35.5. The summed E-state index contributed by atoms with van der Waals surface area (Å²) in [5, 5.41) is 2.08. The molecule has 0 saturated carbocycles. The quantitative estimate of drug-likeness (QED) is 0.412. The largest absolute Gasteiger partial charge is 0.467 e. The second-order valence-electron chi connectivity index (χ2n) is 7.59. The molecule has 2 aliphatic rings. The fourth-order valence-electron chi connectivity index (χ4n) is 4.19. The normalized spacial score (nSPS) is 22.1. The van der Waals surface area contributed by atoms with E-state index in [1.807, 2.05) is 0 Å². The summed E-state index contributed by atoms with van der Waals surface area (Å²) in [5.74, 6) is -1.68. The molecular formula is C24H19ClN2O6. The van der Waals surface area contributed by atoms with Crippen molar-refractivity contribution in [2.24, 2.45) is 5.92 Å². The van der Waals surface area contributed by atoms with Gasteiger partial charge in [0.2, 0.25) is 5.91 Å². The van der Waals surface area contributed by atoms with Crippen LogP contribution in [-0.2, 0) is 19.2 Å². The Morgan fingerprint density at radius 3 is 2.33 bits per heavy atom. The molecule has 8 nitrogen and oxygen atoms in total. The number of carbonyl (C=O) groups is 3. The van der Waals surface area contributed by atoms with Gasteiger partial charge < -0.3 is 9.15 Å².